The maximum absolute atomic E-state index is 12.6. The summed E-state index contributed by atoms with van der Waals surface area (Å²) in [5, 5.41) is 9.21. The molecule has 0 aliphatic carbocycles. The summed E-state index contributed by atoms with van der Waals surface area (Å²) < 4.78 is 0. The third-order valence-electron chi connectivity index (χ3n) is 3.56. The largest absolute Gasteiger partial charge is 0.358 e. The van der Waals surface area contributed by atoms with E-state index in [1.807, 2.05) is 28.7 Å². The van der Waals surface area contributed by atoms with Gasteiger partial charge in [-0.3, -0.25) is 14.6 Å². The Kier molecular flexibility index (Phi) is 7.91. The molecule has 1 heterocycles. The molecule has 3 atom stereocenters. The maximum Gasteiger partial charge on any atom is 0.238 e. The molecule has 0 fully saturated rings. The van der Waals surface area contributed by atoms with Gasteiger partial charge in [0.2, 0.25) is 5.91 Å². The number of Topliss-reactive ketones (excluding diaryl/α,β-unsaturated/α-hetero) is 1. The molecule has 1 aromatic rings. The van der Waals surface area contributed by atoms with Crippen molar-refractivity contribution in [3.63, 3.8) is 0 Å². The quantitative estimate of drug-likeness (QED) is 0.443. The average Bonchev–Trinajstić information content (AvgIpc) is 2.51. The molecule has 0 bridgehead atoms. The Hall–Kier alpha value is -1.60. The van der Waals surface area contributed by atoms with E-state index in [2.05, 4.69) is 20.8 Å². The number of rotatable bonds is 9. The van der Waals surface area contributed by atoms with Crippen molar-refractivity contribution in [1.29, 1.82) is 0 Å². The Morgan fingerprint density at radius 2 is 2.18 bits per heavy atom. The van der Waals surface area contributed by atoms with Gasteiger partial charge in [-0.15, -0.1) is 0 Å². The van der Waals surface area contributed by atoms with Crippen molar-refractivity contribution in [3.05, 3.63) is 30.1 Å². The van der Waals surface area contributed by atoms with Crippen LogP contribution in [0.3, 0.4) is 0 Å². The van der Waals surface area contributed by atoms with E-state index in [-0.39, 0.29) is 36.2 Å². The SMILES string of the molecule is BBN[C@H](C(=O)N[C@@H](CC(C)=O)c1cccnc1)[C@H](C)NB. The molecular formula is C13H23B3N4O2. The molecule has 0 spiro atoms. The van der Waals surface area contributed by atoms with Crippen LogP contribution in [0.1, 0.15) is 31.9 Å². The van der Waals surface area contributed by atoms with Crippen molar-refractivity contribution < 1.29 is 9.59 Å². The Morgan fingerprint density at radius 1 is 1.45 bits per heavy atom. The molecule has 22 heavy (non-hydrogen) atoms. The van der Waals surface area contributed by atoms with Crippen molar-refractivity contribution in [2.75, 3.05) is 0 Å². The van der Waals surface area contributed by atoms with Crippen LogP contribution in [-0.4, -0.2) is 51.8 Å². The highest BCUT2D eigenvalue weighted by atomic mass is 16.2. The van der Waals surface area contributed by atoms with Crippen molar-refractivity contribution in [1.82, 2.24) is 20.8 Å². The topological polar surface area (TPSA) is 83.1 Å². The Balaban J connectivity index is 2.87. The highest BCUT2D eigenvalue weighted by molar-refractivity contribution is 6.87. The molecule has 116 valence electrons. The first-order valence-electron chi connectivity index (χ1n) is 7.60. The number of ketones is 1. The van der Waals surface area contributed by atoms with Gasteiger partial charge >= 0.3 is 0 Å². The molecule has 0 saturated carbocycles. The van der Waals surface area contributed by atoms with Gasteiger partial charge < -0.3 is 15.8 Å². The van der Waals surface area contributed by atoms with E-state index in [0.717, 1.165) is 5.56 Å². The summed E-state index contributed by atoms with van der Waals surface area (Å²) in [4.78, 5) is 28.1. The lowest BCUT2D eigenvalue weighted by Gasteiger charge is -2.27. The predicted octanol–water partition coefficient (Wildman–Crippen LogP) is -2.40. The van der Waals surface area contributed by atoms with E-state index < -0.39 is 0 Å². The molecule has 0 aromatic carbocycles. The first kappa shape index (κ1) is 18.5. The van der Waals surface area contributed by atoms with Gasteiger partial charge in [0, 0.05) is 24.9 Å². The standard InChI is InChI=1S/C13H23B3N4O2/c1-8(21)6-11(10-4-3-5-17-7-10)18-13(22)12(20-16-14)9(2)19-15/h3-5,7,9,11-12,16,19-20H,6,14-15H2,1-2H3,(H,18,22)/t9-,11-,12-/m0/s1. The third-order valence-corrected chi connectivity index (χ3v) is 3.56. The van der Waals surface area contributed by atoms with E-state index in [1.54, 1.807) is 18.5 Å². The lowest BCUT2D eigenvalue weighted by molar-refractivity contribution is -0.124. The van der Waals surface area contributed by atoms with E-state index >= 15 is 0 Å². The zero-order chi connectivity index (χ0) is 16.5. The van der Waals surface area contributed by atoms with Crippen LogP contribution in [0.25, 0.3) is 0 Å². The van der Waals surface area contributed by atoms with Gasteiger partial charge in [-0.2, -0.15) is 0 Å². The highest BCUT2D eigenvalue weighted by Crippen LogP contribution is 2.16. The molecule has 0 unspecified atom stereocenters. The molecule has 9 heteroatoms. The number of hydrogen-bond acceptors (Lipinski definition) is 5. The third kappa shape index (κ3) is 5.65. The van der Waals surface area contributed by atoms with Crippen LogP contribution in [0.15, 0.2) is 24.5 Å². The summed E-state index contributed by atoms with van der Waals surface area (Å²) in [6.45, 7) is 3.46. The molecule has 0 aliphatic rings. The fourth-order valence-corrected chi connectivity index (χ4v) is 2.27. The average molecular weight is 300 g/mol. The van der Waals surface area contributed by atoms with Gasteiger partial charge in [-0.05, 0) is 25.5 Å². The van der Waals surface area contributed by atoms with E-state index in [4.69, 9.17) is 0 Å². The normalized spacial score (nSPS) is 14.6. The van der Waals surface area contributed by atoms with Gasteiger partial charge in [0.15, 0.2) is 15.3 Å². The first-order chi connectivity index (χ1) is 10.5. The fourth-order valence-electron chi connectivity index (χ4n) is 2.27. The predicted molar refractivity (Wildman–Crippen MR) is 94.2 cm³/mol. The summed E-state index contributed by atoms with van der Waals surface area (Å²) in [7, 11) is 4.46. The van der Waals surface area contributed by atoms with Crippen LogP contribution >= 0.6 is 0 Å². The van der Waals surface area contributed by atoms with Gasteiger partial charge in [-0.1, -0.05) is 6.07 Å². The van der Waals surface area contributed by atoms with E-state index in [1.165, 1.54) is 6.92 Å². The van der Waals surface area contributed by atoms with Gasteiger partial charge in [-0.25, -0.2) is 0 Å². The molecule has 0 radical (unpaired) electrons. The highest BCUT2D eigenvalue weighted by Gasteiger charge is 2.26. The monoisotopic (exact) mass is 300 g/mol. The van der Waals surface area contributed by atoms with Crippen molar-refractivity contribution in [2.45, 2.75) is 38.4 Å². The summed E-state index contributed by atoms with van der Waals surface area (Å²) in [5.74, 6) is -0.102. The van der Waals surface area contributed by atoms with Gasteiger partial charge in [0.1, 0.15) is 5.78 Å². The lowest BCUT2D eigenvalue weighted by atomic mass is 9.66. The van der Waals surface area contributed by atoms with Gasteiger partial charge in [0.05, 0.1) is 19.8 Å². The second-order valence-corrected chi connectivity index (χ2v) is 5.37. The molecule has 1 rings (SSSR count). The van der Waals surface area contributed by atoms with Crippen LogP contribution in [0, 0.1) is 0 Å². The number of pyridine rings is 1. The van der Waals surface area contributed by atoms with Crippen molar-refractivity contribution >= 4 is 34.7 Å². The summed E-state index contributed by atoms with van der Waals surface area (Å²) >= 11 is 0. The van der Waals surface area contributed by atoms with Crippen LogP contribution in [0.5, 0.6) is 0 Å². The number of aromatic nitrogens is 1. The second-order valence-electron chi connectivity index (χ2n) is 5.37. The van der Waals surface area contributed by atoms with E-state index in [0.29, 0.717) is 7.31 Å². The summed E-state index contributed by atoms with van der Waals surface area (Å²) in [6, 6.07) is 2.92. The van der Waals surface area contributed by atoms with Crippen molar-refractivity contribution in [2.24, 2.45) is 0 Å². The fraction of sp³-hybridized carbons (Fsp3) is 0.462. The summed E-state index contributed by atoms with van der Waals surface area (Å²) in [5.41, 5.74) is 0.832. The van der Waals surface area contributed by atoms with E-state index in [9.17, 15) is 9.59 Å². The Labute approximate surface area is 134 Å². The second kappa shape index (κ2) is 9.43. The number of amides is 1. The maximum atomic E-state index is 12.6. The molecule has 1 aromatic heterocycles. The molecule has 0 saturated heterocycles. The minimum absolute atomic E-state index is 0.0215. The van der Waals surface area contributed by atoms with Crippen molar-refractivity contribution in [3.8, 4) is 0 Å². The summed E-state index contributed by atoms with van der Waals surface area (Å²) in [6.07, 6.45) is 3.60. The minimum atomic E-state index is -0.360. The smallest absolute Gasteiger partial charge is 0.238 e. The first-order valence-corrected chi connectivity index (χ1v) is 7.60. The lowest BCUT2D eigenvalue weighted by Crippen LogP contribution is -2.56. The van der Waals surface area contributed by atoms with Gasteiger partial charge in [0.25, 0.3) is 0 Å². The Bertz CT molecular complexity index is 489. The number of hydrogen-bond donors (Lipinski definition) is 3. The number of nitrogens with one attached hydrogen (secondary N) is 3. The van der Waals surface area contributed by atoms with Crippen LogP contribution < -0.4 is 15.8 Å². The number of nitrogens with zero attached hydrogens (tertiary/aromatic N) is 1. The van der Waals surface area contributed by atoms with Crippen LogP contribution in [0.2, 0.25) is 0 Å². The number of carbonyl (C=O) groups is 2. The molecular weight excluding hydrogens is 277 g/mol. The van der Waals surface area contributed by atoms with Crippen LogP contribution in [0.4, 0.5) is 0 Å². The minimum Gasteiger partial charge on any atom is -0.358 e. The molecule has 6 nitrogen and oxygen atoms in total. The zero-order valence-corrected chi connectivity index (χ0v) is 13.7. The zero-order valence-electron chi connectivity index (χ0n) is 13.7. The molecule has 0 aliphatic heterocycles. The van der Waals surface area contributed by atoms with Crippen LogP contribution in [-0.2, 0) is 9.59 Å². The molecule has 1 amide bonds. The molecule has 3 N–H and O–H groups in total. The number of carbonyl (C=O) groups excluding carboxylic acids is 2. The Morgan fingerprint density at radius 3 is 2.68 bits per heavy atom.